The summed E-state index contributed by atoms with van der Waals surface area (Å²) in [4.78, 5) is 21.1. The molecule has 0 aromatic carbocycles. The Morgan fingerprint density at radius 2 is 2.35 bits per heavy atom. The number of allylic oxidation sites excluding steroid dienone is 1. The van der Waals surface area contributed by atoms with Gasteiger partial charge in [0.05, 0.1) is 5.57 Å². The van der Waals surface area contributed by atoms with E-state index in [4.69, 9.17) is 19.6 Å². The molecule has 0 radical (unpaired) electrons. The molecule has 0 aromatic rings. The molecular formula is C12H20O5. The van der Waals surface area contributed by atoms with Crippen LogP contribution in [0.1, 0.15) is 39.5 Å². The molecule has 1 saturated heterocycles. The fourth-order valence-electron chi connectivity index (χ4n) is 1.63. The van der Waals surface area contributed by atoms with Crippen LogP contribution in [-0.2, 0) is 19.3 Å². The van der Waals surface area contributed by atoms with Crippen LogP contribution in [0.3, 0.4) is 0 Å². The van der Waals surface area contributed by atoms with Gasteiger partial charge in [-0.05, 0) is 26.2 Å². The highest BCUT2D eigenvalue weighted by molar-refractivity contribution is 5.87. The summed E-state index contributed by atoms with van der Waals surface area (Å²) < 4.78 is 5.31. The lowest BCUT2D eigenvalue weighted by atomic mass is 10.1. The van der Waals surface area contributed by atoms with E-state index in [1.807, 2.05) is 6.92 Å². The lowest BCUT2D eigenvalue weighted by molar-refractivity contribution is -0.396. The summed E-state index contributed by atoms with van der Waals surface area (Å²) in [6.45, 7) is 4.19. The van der Waals surface area contributed by atoms with E-state index in [1.165, 1.54) is 0 Å². The first kappa shape index (κ1) is 14.2. The number of rotatable bonds is 6. The lowest BCUT2D eigenvalue weighted by Gasteiger charge is -2.23. The highest BCUT2D eigenvalue weighted by Gasteiger charge is 2.21. The SMILES string of the molecule is CCC=C(C(=O)O)C(C)OOC1CCCCO1. The molecule has 0 saturated carbocycles. The molecule has 2 atom stereocenters. The molecule has 1 rings (SSSR count). The van der Waals surface area contributed by atoms with E-state index in [0.29, 0.717) is 13.0 Å². The number of aliphatic carboxylic acids is 1. The highest BCUT2D eigenvalue weighted by atomic mass is 17.2. The molecule has 1 aliphatic rings. The molecular weight excluding hydrogens is 224 g/mol. The monoisotopic (exact) mass is 244 g/mol. The summed E-state index contributed by atoms with van der Waals surface area (Å²) in [5.74, 6) is -0.979. The van der Waals surface area contributed by atoms with Crippen molar-refractivity contribution in [3.05, 3.63) is 11.6 Å². The molecule has 0 aliphatic carbocycles. The van der Waals surface area contributed by atoms with Crippen LogP contribution in [0.25, 0.3) is 0 Å². The molecule has 0 aromatic heterocycles. The zero-order valence-corrected chi connectivity index (χ0v) is 10.3. The molecule has 1 aliphatic heterocycles. The smallest absolute Gasteiger partial charge is 0.334 e. The van der Waals surface area contributed by atoms with E-state index in [0.717, 1.165) is 19.3 Å². The summed E-state index contributed by atoms with van der Waals surface area (Å²) in [6.07, 6.45) is 4.16. The maximum atomic E-state index is 10.9. The zero-order valence-electron chi connectivity index (χ0n) is 10.3. The van der Waals surface area contributed by atoms with E-state index in [-0.39, 0.29) is 11.9 Å². The van der Waals surface area contributed by atoms with Gasteiger partial charge in [-0.15, -0.1) is 0 Å². The van der Waals surface area contributed by atoms with E-state index in [9.17, 15) is 4.79 Å². The number of carboxylic acid groups (broad SMARTS) is 1. The largest absolute Gasteiger partial charge is 0.478 e. The van der Waals surface area contributed by atoms with E-state index < -0.39 is 12.1 Å². The van der Waals surface area contributed by atoms with Crippen molar-refractivity contribution in [1.29, 1.82) is 0 Å². The van der Waals surface area contributed by atoms with Gasteiger partial charge < -0.3 is 9.84 Å². The molecule has 1 N–H and O–H groups in total. The van der Waals surface area contributed by atoms with Crippen LogP contribution in [0.2, 0.25) is 0 Å². The molecule has 98 valence electrons. The maximum absolute atomic E-state index is 10.9. The number of carboxylic acids is 1. The third kappa shape index (κ3) is 4.85. The van der Waals surface area contributed by atoms with Crippen LogP contribution in [0.4, 0.5) is 0 Å². The Hall–Kier alpha value is -0.910. The first-order valence-corrected chi connectivity index (χ1v) is 6.02. The predicted octanol–water partition coefficient (Wildman–Crippen LogP) is 2.27. The standard InChI is InChI=1S/C12H20O5/c1-3-6-10(12(13)14)9(2)16-17-11-7-4-5-8-15-11/h6,9,11H,3-5,7-8H2,1-2H3,(H,13,14). The van der Waals surface area contributed by atoms with Gasteiger partial charge in [0.1, 0.15) is 6.10 Å². The third-order valence-electron chi connectivity index (χ3n) is 2.55. The van der Waals surface area contributed by atoms with Crippen LogP contribution < -0.4 is 0 Å². The third-order valence-corrected chi connectivity index (χ3v) is 2.55. The molecule has 5 heteroatoms. The van der Waals surface area contributed by atoms with Crippen molar-refractivity contribution >= 4 is 5.97 Å². The van der Waals surface area contributed by atoms with E-state index in [1.54, 1.807) is 13.0 Å². The molecule has 0 bridgehead atoms. The molecule has 2 unspecified atom stereocenters. The zero-order chi connectivity index (χ0) is 12.7. The minimum Gasteiger partial charge on any atom is -0.478 e. The quantitative estimate of drug-likeness (QED) is 0.441. The average Bonchev–Trinajstić information content (AvgIpc) is 2.34. The van der Waals surface area contributed by atoms with E-state index in [2.05, 4.69) is 0 Å². The Kier molecular flexibility index (Phi) is 6.18. The topological polar surface area (TPSA) is 65.0 Å². The number of carbonyl (C=O) groups is 1. The molecule has 1 fully saturated rings. The summed E-state index contributed by atoms with van der Waals surface area (Å²) in [7, 11) is 0. The van der Waals surface area contributed by atoms with Crippen molar-refractivity contribution in [3.63, 3.8) is 0 Å². The van der Waals surface area contributed by atoms with Crippen molar-refractivity contribution in [2.75, 3.05) is 6.61 Å². The molecule has 0 amide bonds. The van der Waals surface area contributed by atoms with Crippen LogP contribution in [-0.4, -0.2) is 30.1 Å². The van der Waals surface area contributed by atoms with Gasteiger partial charge in [-0.2, -0.15) is 0 Å². The van der Waals surface area contributed by atoms with Gasteiger partial charge in [0.2, 0.25) is 0 Å². The van der Waals surface area contributed by atoms with Crippen LogP contribution in [0.15, 0.2) is 11.6 Å². The molecule has 5 nitrogen and oxygen atoms in total. The fourth-order valence-corrected chi connectivity index (χ4v) is 1.63. The van der Waals surface area contributed by atoms with E-state index >= 15 is 0 Å². The first-order chi connectivity index (χ1) is 8.15. The normalized spacial score (nSPS) is 23.4. The fraction of sp³-hybridized carbons (Fsp3) is 0.750. The van der Waals surface area contributed by atoms with Crippen LogP contribution >= 0.6 is 0 Å². The second kappa shape index (κ2) is 7.42. The second-order valence-electron chi connectivity index (χ2n) is 4.00. The summed E-state index contributed by atoms with van der Waals surface area (Å²) in [6, 6.07) is 0. The minimum atomic E-state index is -0.979. The minimum absolute atomic E-state index is 0.211. The average molecular weight is 244 g/mol. The van der Waals surface area contributed by atoms with Gasteiger partial charge in [0.25, 0.3) is 0 Å². The van der Waals surface area contributed by atoms with Gasteiger partial charge in [0, 0.05) is 13.0 Å². The Labute approximate surface area is 101 Å². The molecule has 0 spiro atoms. The van der Waals surface area contributed by atoms with Crippen LogP contribution in [0, 0.1) is 0 Å². The van der Waals surface area contributed by atoms with Crippen molar-refractivity contribution in [2.45, 2.75) is 51.9 Å². The van der Waals surface area contributed by atoms with Crippen molar-refractivity contribution in [1.82, 2.24) is 0 Å². The number of hydrogen-bond acceptors (Lipinski definition) is 4. The van der Waals surface area contributed by atoms with Crippen molar-refractivity contribution in [3.8, 4) is 0 Å². The first-order valence-electron chi connectivity index (χ1n) is 6.02. The van der Waals surface area contributed by atoms with Crippen LogP contribution in [0.5, 0.6) is 0 Å². The van der Waals surface area contributed by atoms with Gasteiger partial charge in [-0.3, -0.25) is 0 Å². The van der Waals surface area contributed by atoms with Crippen molar-refractivity contribution in [2.24, 2.45) is 0 Å². The van der Waals surface area contributed by atoms with Gasteiger partial charge in [0.15, 0.2) is 6.29 Å². The van der Waals surface area contributed by atoms with Crippen molar-refractivity contribution < 1.29 is 24.4 Å². The summed E-state index contributed by atoms with van der Waals surface area (Å²) in [5, 5.41) is 8.98. The van der Waals surface area contributed by atoms with Gasteiger partial charge in [-0.25, -0.2) is 14.6 Å². The lowest BCUT2D eigenvalue weighted by Crippen LogP contribution is -2.26. The Morgan fingerprint density at radius 1 is 1.59 bits per heavy atom. The van der Waals surface area contributed by atoms with Gasteiger partial charge in [-0.1, -0.05) is 13.0 Å². The number of ether oxygens (including phenoxy) is 1. The molecule has 1 heterocycles. The summed E-state index contributed by atoms with van der Waals surface area (Å²) >= 11 is 0. The molecule has 17 heavy (non-hydrogen) atoms. The van der Waals surface area contributed by atoms with Gasteiger partial charge >= 0.3 is 5.97 Å². The Bertz CT molecular complexity index is 268. The predicted molar refractivity (Wildman–Crippen MR) is 61.2 cm³/mol. The second-order valence-corrected chi connectivity index (χ2v) is 4.00. The number of hydrogen-bond donors (Lipinski definition) is 1. The summed E-state index contributed by atoms with van der Waals surface area (Å²) in [5.41, 5.74) is 0.211. The Balaban J connectivity index is 2.38. The highest BCUT2D eigenvalue weighted by Crippen LogP contribution is 2.16. The maximum Gasteiger partial charge on any atom is 0.334 e. The Morgan fingerprint density at radius 3 is 2.88 bits per heavy atom.